The molecule has 9 rings (SSSR count). The Labute approximate surface area is 509 Å². The largest absolute Gasteiger partial charge is 0.468 e. The van der Waals surface area contributed by atoms with Gasteiger partial charge in [0.15, 0.2) is 0 Å². The van der Waals surface area contributed by atoms with Gasteiger partial charge in [-0.1, -0.05) is 12.1 Å². The summed E-state index contributed by atoms with van der Waals surface area (Å²) in [7, 11) is 29.2. The Kier molecular flexibility index (Phi) is 42.8. The quantitative estimate of drug-likeness (QED) is 0.218. The van der Waals surface area contributed by atoms with Gasteiger partial charge in [0.25, 0.3) is 0 Å². The zero-order chi connectivity index (χ0) is 61.5. The van der Waals surface area contributed by atoms with E-state index in [1.165, 1.54) is 129 Å². The van der Waals surface area contributed by atoms with E-state index in [1.807, 2.05) is 19.1 Å². The fraction of sp³-hybridized carbons (Fsp3) is 0.889. The number of hydrogen-bond donors (Lipinski definition) is 1. The number of esters is 1. The molecule has 7 heterocycles. The smallest absolute Gasteiger partial charge is 0.319 e. The molecule has 488 valence electrons. The highest BCUT2D eigenvalue weighted by molar-refractivity contribution is 5.71. The summed E-state index contributed by atoms with van der Waals surface area (Å²) in [6.45, 7) is 38.7. The number of likely N-dealkylation sites (N-methyl/N-ethyl adjacent to an activating group) is 9. The minimum atomic E-state index is -0.155. The van der Waals surface area contributed by atoms with Crippen LogP contribution in [0.2, 0.25) is 0 Å². The minimum absolute atomic E-state index is 0.139. The lowest BCUT2D eigenvalue weighted by Crippen LogP contribution is -2.54. The molecular formula is C63H130FN15O4. The lowest BCUT2D eigenvalue weighted by molar-refractivity contribution is -0.142. The number of aliphatic hydroxyl groups excluding tert-OH is 1. The van der Waals surface area contributed by atoms with Gasteiger partial charge in [-0.2, -0.15) is 0 Å². The van der Waals surface area contributed by atoms with Gasteiger partial charge in [-0.3, -0.25) is 29.3 Å². The molecule has 0 bridgehead atoms. The van der Waals surface area contributed by atoms with E-state index in [4.69, 9.17) is 9.84 Å². The van der Waals surface area contributed by atoms with Crippen LogP contribution in [0, 0.1) is 5.82 Å². The van der Waals surface area contributed by atoms with Gasteiger partial charge in [-0.05, 0) is 175 Å². The summed E-state index contributed by atoms with van der Waals surface area (Å²) in [4.78, 5) is 46.0. The summed E-state index contributed by atoms with van der Waals surface area (Å²) in [5.74, 6) is -0.295. The van der Waals surface area contributed by atoms with Crippen LogP contribution < -0.4 is 0 Å². The van der Waals surface area contributed by atoms with Crippen molar-refractivity contribution in [1.29, 1.82) is 0 Å². The Hall–Kier alpha value is -2.06. The van der Waals surface area contributed by atoms with Gasteiger partial charge in [0.2, 0.25) is 0 Å². The molecule has 0 amide bonds. The van der Waals surface area contributed by atoms with Crippen LogP contribution in [0.5, 0.6) is 0 Å². The van der Waals surface area contributed by atoms with E-state index < -0.39 is 0 Å². The molecule has 0 aromatic heterocycles. The zero-order valence-electron chi connectivity index (χ0n) is 56.5. The first-order valence-corrected chi connectivity index (χ1v) is 32.0. The second-order valence-corrected chi connectivity index (χ2v) is 25.3. The minimum Gasteiger partial charge on any atom is -0.468 e. The molecule has 83 heavy (non-hydrogen) atoms. The molecule has 1 saturated carbocycles. The van der Waals surface area contributed by atoms with E-state index in [9.17, 15) is 9.18 Å². The molecule has 7 aliphatic heterocycles. The third-order valence-electron chi connectivity index (χ3n) is 17.1. The third-order valence-corrected chi connectivity index (χ3v) is 17.1. The highest BCUT2D eigenvalue weighted by Crippen LogP contribution is 2.25. The lowest BCUT2D eigenvalue weighted by Gasteiger charge is -2.41. The molecule has 1 aliphatic carbocycles. The number of nitrogens with zero attached hydrogens (tertiary/aromatic N) is 15. The van der Waals surface area contributed by atoms with Gasteiger partial charge in [0.05, 0.1) is 26.9 Å². The number of aliphatic hydroxyl groups is 1. The number of benzene rings is 1. The maximum atomic E-state index is 12.7. The van der Waals surface area contributed by atoms with E-state index in [0.29, 0.717) is 13.2 Å². The molecule has 0 spiro atoms. The number of piperazine rings is 5. The number of methoxy groups -OCH3 is 1. The van der Waals surface area contributed by atoms with Crippen molar-refractivity contribution in [2.45, 2.75) is 70.6 Å². The number of β-amino-alcohol motifs (C(OH)–C–C–N with tert-alkyl or cyclic N) is 1. The summed E-state index contributed by atoms with van der Waals surface area (Å²) < 4.78 is 22.6. The highest BCUT2D eigenvalue weighted by atomic mass is 19.1. The van der Waals surface area contributed by atoms with Crippen LogP contribution in [0.3, 0.4) is 0 Å². The monoisotopic (exact) mass is 1180 g/mol. The molecule has 19 nitrogen and oxygen atoms in total. The first-order valence-electron chi connectivity index (χ1n) is 32.0. The summed E-state index contributed by atoms with van der Waals surface area (Å²) in [6.07, 6.45) is 7.02. The molecule has 2 unspecified atom stereocenters. The molecule has 2 atom stereocenters. The Balaban J connectivity index is 0.000000328. The van der Waals surface area contributed by atoms with Crippen LogP contribution >= 0.6 is 0 Å². The Morgan fingerprint density at radius 3 is 1.40 bits per heavy atom. The van der Waals surface area contributed by atoms with Gasteiger partial charge in [0.1, 0.15) is 5.82 Å². The van der Waals surface area contributed by atoms with Gasteiger partial charge < -0.3 is 63.6 Å². The van der Waals surface area contributed by atoms with Crippen molar-refractivity contribution in [3.8, 4) is 0 Å². The van der Waals surface area contributed by atoms with E-state index in [0.717, 1.165) is 143 Å². The normalized spacial score (nSPS) is 23.4. The topological polar surface area (TPSA) is 104 Å². The first kappa shape index (κ1) is 77.0. The summed E-state index contributed by atoms with van der Waals surface area (Å²) in [5.41, 5.74) is 1.20. The van der Waals surface area contributed by atoms with Crippen LogP contribution in [0.25, 0.3) is 0 Å². The Morgan fingerprint density at radius 2 is 0.988 bits per heavy atom. The number of halogens is 1. The predicted molar refractivity (Wildman–Crippen MR) is 347 cm³/mol. The molecular weight excluding hydrogens is 1050 g/mol. The number of carbonyl (C=O) groups excluding carboxylic acids is 1. The molecule has 1 aromatic rings. The number of rotatable bonds is 14. The number of ether oxygens (including phenoxy) is 2. The van der Waals surface area contributed by atoms with Gasteiger partial charge in [-0.15, -0.1) is 0 Å². The number of hydrogen-bond acceptors (Lipinski definition) is 19. The van der Waals surface area contributed by atoms with Crippen molar-refractivity contribution < 1.29 is 23.8 Å². The molecule has 1 aromatic carbocycles. The second-order valence-electron chi connectivity index (χ2n) is 25.3. The average Bonchev–Trinajstić information content (AvgIpc) is 4.34. The van der Waals surface area contributed by atoms with Crippen molar-refractivity contribution in [2.24, 2.45) is 0 Å². The average molecular weight is 1180 g/mol. The van der Waals surface area contributed by atoms with Crippen molar-refractivity contribution in [3.63, 3.8) is 0 Å². The second kappa shape index (κ2) is 46.1. The molecule has 8 aliphatic rings. The van der Waals surface area contributed by atoms with Crippen molar-refractivity contribution in [1.82, 2.24) is 73.5 Å². The lowest BCUT2D eigenvalue weighted by atomic mass is 10.0. The van der Waals surface area contributed by atoms with Gasteiger partial charge >= 0.3 is 5.97 Å². The van der Waals surface area contributed by atoms with Gasteiger partial charge in [0, 0.05) is 188 Å². The fourth-order valence-electron chi connectivity index (χ4n) is 10.4. The van der Waals surface area contributed by atoms with Crippen molar-refractivity contribution in [2.75, 3.05) is 302 Å². The summed E-state index contributed by atoms with van der Waals surface area (Å²) >= 11 is 0. The fourth-order valence-corrected chi connectivity index (χ4v) is 10.4. The maximum absolute atomic E-state index is 12.7. The molecule has 20 heteroatoms. The Morgan fingerprint density at radius 1 is 0.554 bits per heavy atom. The number of fused-ring (bicyclic) bond motifs is 1. The molecule has 0 radical (unpaired) electrons. The maximum Gasteiger partial charge on any atom is 0.319 e. The van der Waals surface area contributed by atoms with Crippen molar-refractivity contribution in [3.05, 3.63) is 35.6 Å². The summed E-state index contributed by atoms with van der Waals surface area (Å²) in [6, 6.07) is 9.39. The Bertz CT molecular complexity index is 1660. The third kappa shape index (κ3) is 38.8. The van der Waals surface area contributed by atoms with E-state index in [1.54, 1.807) is 0 Å². The van der Waals surface area contributed by atoms with Crippen molar-refractivity contribution >= 4 is 5.97 Å². The van der Waals surface area contributed by atoms with E-state index in [-0.39, 0.29) is 11.8 Å². The van der Waals surface area contributed by atoms with Crippen LogP contribution in [0.15, 0.2) is 24.3 Å². The zero-order valence-corrected chi connectivity index (χ0v) is 56.5. The predicted octanol–water partition coefficient (Wildman–Crippen LogP) is 2.33. The van der Waals surface area contributed by atoms with Crippen LogP contribution in [-0.4, -0.2) is 405 Å². The van der Waals surface area contributed by atoms with Crippen LogP contribution in [-0.2, 0) is 20.8 Å². The van der Waals surface area contributed by atoms with Gasteiger partial charge in [-0.25, -0.2) is 4.39 Å². The molecule has 7 saturated heterocycles. The number of carbonyl (C=O) groups is 1. The van der Waals surface area contributed by atoms with E-state index >= 15 is 0 Å². The summed E-state index contributed by atoms with van der Waals surface area (Å²) in [5, 5.41) is 8.63. The van der Waals surface area contributed by atoms with E-state index in [2.05, 4.69) is 177 Å². The molecule has 8 fully saturated rings. The first-order chi connectivity index (χ1) is 39.6. The SMILES string of the molecule is CC1C2CCCN2CCN1C.CCOCCN1CCN(C)CC1.CN(C)C1CC1.CN(C)CCN(C)C.CN1CCCN(C)CC1.CN1CCN(CCO)CC1.CN1CCN(Cc2ccc(F)cc2)CC1.COC(=O)CN1CCN(C)CC1. The molecule has 1 N–H and O–H groups in total. The standard InChI is InChI=1S/C12H17FN2.C9H20N2O.C9H18N2.C8H16N2O2.C7H16N2O.C7H16N2.C6H16N2.C5H11N/c1-14-6-8-15(9-7-14)10-11-2-4-12(13)5-3-11;1-3-12-9-8-11-6-4-10(2)5-7-11;1-8-9-4-3-5-11(9)7-6-10(8)2;1-9-3-5-10(6-4-9)7-8(11)12-2;1-8-2-4-9(5-3-8)6-7-10;1-8-4-3-5-9(2)7-6-8;1-7(2)5-6-8(3)4;1-6(2)5-3-4-5/h2-5H,6-10H2,1H3;3-9H2,1-2H3;8-9H,3-7H2,1-2H3;3-7H2,1-2H3;10H,2-7H2,1H3;3-7H2,1-2H3;5-6H2,1-4H3;5H,3-4H2,1-2H3. The van der Waals surface area contributed by atoms with Crippen LogP contribution in [0.1, 0.15) is 51.5 Å². The highest BCUT2D eigenvalue weighted by Gasteiger charge is 2.34. The van der Waals surface area contributed by atoms with Crippen LogP contribution in [0.4, 0.5) is 4.39 Å².